The summed E-state index contributed by atoms with van der Waals surface area (Å²) >= 11 is 0. The van der Waals surface area contributed by atoms with Crippen LogP contribution in [0.3, 0.4) is 0 Å². The Kier molecular flexibility index (Phi) is 6.65. The zero-order valence-corrected chi connectivity index (χ0v) is 12.1. The van der Waals surface area contributed by atoms with Crippen LogP contribution in [0.2, 0.25) is 0 Å². The zero-order chi connectivity index (χ0) is 13.4. The van der Waals surface area contributed by atoms with Gasteiger partial charge in [0.1, 0.15) is 5.54 Å². The van der Waals surface area contributed by atoms with Gasteiger partial charge in [-0.25, -0.2) is 0 Å². The van der Waals surface area contributed by atoms with Crippen LogP contribution >= 0.6 is 0 Å². The molecule has 4 nitrogen and oxygen atoms in total. The number of likely N-dealkylation sites (tertiary alicyclic amines) is 1. The third-order valence-corrected chi connectivity index (χ3v) is 3.65. The number of esters is 1. The van der Waals surface area contributed by atoms with E-state index >= 15 is 0 Å². The van der Waals surface area contributed by atoms with Gasteiger partial charge in [-0.05, 0) is 52.2 Å². The maximum absolute atomic E-state index is 12.2. The molecule has 0 aromatic rings. The normalized spacial score (nSPS) is 25.7. The van der Waals surface area contributed by atoms with Gasteiger partial charge in [-0.2, -0.15) is 0 Å². The van der Waals surface area contributed by atoms with Gasteiger partial charge in [0.2, 0.25) is 0 Å². The molecule has 1 N–H and O–H groups in total. The topological polar surface area (TPSA) is 41.6 Å². The third kappa shape index (κ3) is 3.95. The summed E-state index contributed by atoms with van der Waals surface area (Å²) < 4.78 is 5.27. The summed E-state index contributed by atoms with van der Waals surface area (Å²) in [5.74, 6) is -0.0646. The number of nitrogens with one attached hydrogen (secondary N) is 1. The number of rotatable bonds is 6. The summed E-state index contributed by atoms with van der Waals surface area (Å²) in [6.45, 7) is 10.6. The molecule has 0 aromatic carbocycles. The number of carbonyl (C=O) groups excluding carboxylic acids is 1. The van der Waals surface area contributed by atoms with E-state index in [1.165, 1.54) is 6.42 Å². The fourth-order valence-electron chi connectivity index (χ4n) is 2.79. The minimum Gasteiger partial charge on any atom is -0.465 e. The van der Waals surface area contributed by atoms with Crippen molar-refractivity contribution >= 4 is 5.97 Å². The maximum Gasteiger partial charge on any atom is 0.326 e. The molecule has 1 unspecified atom stereocenters. The first-order chi connectivity index (χ1) is 8.68. The predicted molar refractivity (Wildman–Crippen MR) is 73.6 cm³/mol. The Hall–Kier alpha value is -0.610. The number of likely N-dealkylation sites (N-methyl/N-ethyl adjacent to an activating group) is 1. The van der Waals surface area contributed by atoms with Gasteiger partial charge in [0.15, 0.2) is 0 Å². The van der Waals surface area contributed by atoms with E-state index in [0.717, 1.165) is 45.4 Å². The number of carbonyl (C=O) groups is 1. The SMILES string of the molecule is CCCN1CCCC(NCC)(C(=O)OCC)CC1. The number of ether oxygens (including phenoxy) is 1. The Morgan fingerprint density at radius 3 is 2.67 bits per heavy atom. The van der Waals surface area contributed by atoms with Crippen molar-refractivity contribution in [1.29, 1.82) is 0 Å². The van der Waals surface area contributed by atoms with Crippen LogP contribution in [0.1, 0.15) is 46.5 Å². The zero-order valence-electron chi connectivity index (χ0n) is 12.1. The largest absolute Gasteiger partial charge is 0.465 e. The van der Waals surface area contributed by atoms with Crippen molar-refractivity contribution in [1.82, 2.24) is 10.2 Å². The molecule has 0 saturated carbocycles. The van der Waals surface area contributed by atoms with Gasteiger partial charge >= 0.3 is 5.97 Å². The fourth-order valence-corrected chi connectivity index (χ4v) is 2.79. The highest BCUT2D eigenvalue weighted by Crippen LogP contribution is 2.24. The highest BCUT2D eigenvalue weighted by molar-refractivity contribution is 5.81. The molecule has 1 rings (SSSR count). The molecular weight excluding hydrogens is 228 g/mol. The van der Waals surface area contributed by atoms with E-state index in [4.69, 9.17) is 4.74 Å². The molecule has 4 heteroatoms. The Labute approximate surface area is 111 Å². The molecule has 1 saturated heterocycles. The van der Waals surface area contributed by atoms with Crippen molar-refractivity contribution in [3.05, 3.63) is 0 Å². The average Bonchev–Trinajstić information content (AvgIpc) is 2.55. The molecule has 0 spiro atoms. The van der Waals surface area contributed by atoms with E-state index < -0.39 is 5.54 Å². The van der Waals surface area contributed by atoms with Crippen LogP contribution in [0.15, 0.2) is 0 Å². The van der Waals surface area contributed by atoms with Gasteiger partial charge in [-0.15, -0.1) is 0 Å². The van der Waals surface area contributed by atoms with Crippen molar-refractivity contribution in [2.24, 2.45) is 0 Å². The Morgan fingerprint density at radius 2 is 2.06 bits per heavy atom. The van der Waals surface area contributed by atoms with Crippen molar-refractivity contribution in [3.8, 4) is 0 Å². The fraction of sp³-hybridized carbons (Fsp3) is 0.929. The molecular formula is C14H28N2O2. The summed E-state index contributed by atoms with van der Waals surface area (Å²) in [5.41, 5.74) is -0.451. The van der Waals surface area contributed by atoms with Crippen LogP contribution in [0.25, 0.3) is 0 Å². The lowest BCUT2D eigenvalue weighted by Gasteiger charge is -2.31. The first kappa shape index (κ1) is 15.4. The Morgan fingerprint density at radius 1 is 1.28 bits per heavy atom. The summed E-state index contributed by atoms with van der Waals surface area (Å²) in [7, 11) is 0. The highest BCUT2D eigenvalue weighted by Gasteiger charge is 2.40. The van der Waals surface area contributed by atoms with Crippen LogP contribution in [0.4, 0.5) is 0 Å². The molecule has 1 heterocycles. The molecule has 0 radical (unpaired) electrons. The molecule has 1 fully saturated rings. The van der Waals surface area contributed by atoms with Crippen molar-refractivity contribution in [2.75, 3.05) is 32.8 Å². The van der Waals surface area contributed by atoms with E-state index in [1.807, 2.05) is 6.92 Å². The van der Waals surface area contributed by atoms with Crippen molar-refractivity contribution in [3.63, 3.8) is 0 Å². The van der Waals surface area contributed by atoms with Gasteiger partial charge < -0.3 is 15.0 Å². The summed E-state index contributed by atoms with van der Waals surface area (Å²) in [6.07, 6.45) is 3.99. The molecule has 1 atom stereocenters. The number of hydrogen-bond acceptors (Lipinski definition) is 4. The molecule has 1 aliphatic heterocycles. The second-order valence-electron chi connectivity index (χ2n) is 5.03. The lowest BCUT2D eigenvalue weighted by Crippen LogP contribution is -2.53. The molecule has 0 aromatic heterocycles. The summed E-state index contributed by atoms with van der Waals surface area (Å²) in [6, 6.07) is 0. The molecule has 0 amide bonds. The summed E-state index contributed by atoms with van der Waals surface area (Å²) in [5, 5.41) is 3.38. The first-order valence-electron chi connectivity index (χ1n) is 7.33. The monoisotopic (exact) mass is 256 g/mol. The Bertz CT molecular complexity index is 258. The minimum atomic E-state index is -0.451. The molecule has 0 bridgehead atoms. The van der Waals surface area contributed by atoms with Crippen molar-refractivity contribution < 1.29 is 9.53 Å². The lowest BCUT2D eigenvalue weighted by molar-refractivity contribution is -0.151. The number of hydrogen-bond donors (Lipinski definition) is 1. The maximum atomic E-state index is 12.2. The number of nitrogens with zero attached hydrogens (tertiary/aromatic N) is 1. The first-order valence-corrected chi connectivity index (χ1v) is 7.33. The van der Waals surface area contributed by atoms with Crippen LogP contribution in [-0.2, 0) is 9.53 Å². The molecule has 0 aliphatic carbocycles. The van der Waals surface area contributed by atoms with E-state index in [9.17, 15) is 4.79 Å². The van der Waals surface area contributed by atoms with Gasteiger partial charge in [0.25, 0.3) is 0 Å². The minimum absolute atomic E-state index is 0.0646. The third-order valence-electron chi connectivity index (χ3n) is 3.65. The summed E-state index contributed by atoms with van der Waals surface area (Å²) in [4.78, 5) is 14.7. The van der Waals surface area contributed by atoms with E-state index in [1.54, 1.807) is 0 Å². The molecule has 106 valence electrons. The van der Waals surface area contributed by atoms with E-state index in [2.05, 4.69) is 24.1 Å². The van der Waals surface area contributed by atoms with Crippen LogP contribution in [0.5, 0.6) is 0 Å². The van der Waals surface area contributed by atoms with Gasteiger partial charge in [-0.1, -0.05) is 13.8 Å². The van der Waals surface area contributed by atoms with Crippen LogP contribution in [-0.4, -0.2) is 49.2 Å². The van der Waals surface area contributed by atoms with Crippen LogP contribution in [0, 0.1) is 0 Å². The second kappa shape index (κ2) is 7.74. The molecule has 18 heavy (non-hydrogen) atoms. The quantitative estimate of drug-likeness (QED) is 0.736. The van der Waals surface area contributed by atoms with Gasteiger partial charge in [0.05, 0.1) is 6.61 Å². The highest BCUT2D eigenvalue weighted by atomic mass is 16.5. The smallest absolute Gasteiger partial charge is 0.326 e. The van der Waals surface area contributed by atoms with Gasteiger partial charge in [-0.3, -0.25) is 4.79 Å². The Balaban J connectivity index is 2.69. The van der Waals surface area contributed by atoms with Gasteiger partial charge in [0, 0.05) is 6.54 Å². The van der Waals surface area contributed by atoms with E-state index in [-0.39, 0.29) is 5.97 Å². The second-order valence-corrected chi connectivity index (χ2v) is 5.03. The predicted octanol–water partition coefficient (Wildman–Crippen LogP) is 1.79. The van der Waals surface area contributed by atoms with E-state index in [0.29, 0.717) is 6.61 Å². The molecule has 1 aliphatic rings. The van der Waals surface area contributed by atoms with Crippen LogP contribution < -0.4 is 5.32 Å². The average molecular weight is 256 g/mol. The lowest BCUT2D eigenvalue weighted by atomic mass is 9.90. The van der Waals surface area contributed by atoms with Crippen molar-refractivity contribution in [2.45, 2.75) is 52.0 Å². The standard InChI is InChI=1S/C14H28N2O2/c1-4-10-16-11-7-8-14(9-12-16,15-5-2)13(17)18-6-3/h15H,4-12H2,1-3H3.